The van der Waals surface area contributed by atoms with Crippen LogP contribution in [0.4, 0.5) is 14.6 Å². The fraction of sp³-hybridized carbons (Fsp3) is 0.469. The van der Waals surface area contributed by atoms with Crippen molar-refractivity contribution in [3.8, 4) is 6.07 Å². The first-order valence-corrected chi connectivity index (χ1v) is 17.1. The van der Waals surface area contributed by atoms with Gasteiger partial charge in [-0.05, 0) is 48.4 Å². The molecule has 1 aliphatic rings. The van der Waals surface area contributed by atoms with Crippen molar-refractivity contribution in [2.75, 3.05) is 5.32 Å². The van der Waals surface area contributed by atoms with Crippen LogP contribution in [0.25, 0.3) is 0 Å². The number of aromatic nitrogens is 2. The highest BCUT2D eigenvalue weighted by atomic mass is 127. The van der Waals surface area contributed by atoms with Gasteiger partial charge in [-0.15, -0.1) is 0 Å². The van der Waals surface area contributed by atoms with Crippen molar-refractivity contribution in [2.24, 2.45) is 5.41 Å². The second-order valence-corrected chi connectivity index (χ2v) is 14.5. The summed E-state index contributed by atoms with van der Waals surface area (Å²) in [5, 5.41) is 31.8. The van der Waals surface area contributed by atoms with Crippen molar-refractivity contribution in [3.05, 3.63) is 82.5 Å². The Labute approximate surface area is 279 Å². The lowest BCUT2D eigenvalue weighted by Gasteiger charge is -2.37. The van der Waals surface area contributed by atoms with E-state index >= 15 is 8.78 Å². The zero-order valence-corrected chi connectivity index (χ0v) is 29.2. The topological polar surface area (TPSA) is 103 Å². The number of nitriles is 1. The number of aliphatic hydroxyl groups is 1. The molecule has 2 heterocycles. The molecule has 1 amide bonds. The Balaban J connectivity index is 1.91. The van der Waals surface area contributed by atoms with Crippen LogP contribution in [-0.4, -0.2) is 38.5 Å². The zero-order chi connectivity index (χ0) is 31.7. The molecule has 0 bridgehead atoms. The Morgan fingerprint density at radius 3 is 2.47 bits per heavy atom. The molecule has 0 aliphatic carbocycles. The van der Waals surface area contributed by atoms with Crippen molar-refractivity contribution in [2.45, 2.75) is 85.5 Å². The molecule has 0 radical (unpaired) electrons. The molecule has 43 heavy (non-hydrogen) atoms. The maximum atomic E-state index is 16.2. The smallest absolute Gasteiger partial charge is 0.243 e. The SMILES string of the molecule is CC(C)(C)C[C@@H]1N[C@@H](C(=O)Nc2ccn(CC(C)(C)O)n2)[C@H](c2cccc(CI)c2F)[C@@]1(C#N)c1ccc(CI)cc1F. The van der Waals surface area contributed by atoms with Crippen LogP contribution < -0.4 is 10.6 Å². The third-order valence-corrected chi connectivity index (χ3v) is 9.40. The van der Waals surface area contributed by atoms with E-state index in [-0.39, 0.29) is 28.9 Å². The van der Waals surface area contributed by atoms with E-state index in [0.29, 0.717) is 20.8 Å². The lowest BCUT2D eigenvalue weighted by atomic mass is 9.62. The molecule has 2 aromatic carbocycles. The summed E-state index contributed by atoms with van der Waals surface area (Å²) in [7, 11) is 0. The predicted octanol–water partition coefficient (Wildman–Crippen LogP) is 6.76. The van der Waals surface area contributed by atoms with Crippen LogP contribution in [0.2, 0.25) is 0 Å². The highest BCUT2D eigenvalue weighted by Crippen LogP contribution is 2.52. The average molecular weight is 815 g/mol. The van der Waals surface area contributed by atoms with E-state index in [1.54, 1.807) is 56.4 Å². The first-order chi connectivity index (χ1) is 20.1. The van der Waals surface area contributed by atoms with Crippen molar-refractivity contribution in [3.63, 3.8) is 0 Å². The van der Waals surface area contributed by atoms with E-state index in [0.717, 1.165) is 5.56 Å². The molecule has 4 atom stereocenters. The van der Waals surface area contributed by atoms with Crippen LogP contribution >= 0.6 is 45.2 Å². The predicted molar refractivity (Wildman–Crippen MR) is 180 cm³/mol. The number of benzene rings is 2. The van der Waals surface area contributed by atoms with Crippen LogP contribution in [0, 0.1) is 28.4 Å². The van der Waals surface area contributed by atoms with Crippen LogP contribution in [-0.2, 0) is 25.6 Å². The first-order valence-electron chi connectivity index (χ1n) is 14.1. The van der Waals surface area contributed by atoms with Crippen LogP contribution in [0.5, 0.6) is 0 Å². The molecule has 4 rings (SSSR count). The molecule has 1 aromatic heterocycles. The van der Waals surface area contributed by atoms with E-state index in [1.807, 2.05) is 20.8 Å². The Morgan fingerprint density at radius 2 is 1.88 bits per heavy atom. The summed E-state index contributed by atoms with van der Waals surface area (Å²) in [4.78, 5) is 14.1. The van der Waals surface area contributed by atoms with Gasteiger partial charge in [0.2, 0.25) is 5.91 Å². The van der Waals surface area contributed by atoms with Gasteiger partial charge in [0, 0.05) is 38.6 Å². The molecule has 0 unspecified atom stereocenters. The molecular weight excluding hydrogens is 778 g/mol. The van der Waals surface area contributed by atoms with Gasteiger partial charge in [-0.3, -0.25) is 9.48 Å². The van der Waals surface area contributed by atoms with Crippen LogP contribution in [0.3, 0.4) is 0 Å². The summed E-state index contributed by atoms with van der Waals surface area (Å²) in [5.41, 5.74) is -1.42. The standard InChI is InChI=1S/C32H37F2I2N5O2/c1-30(2,3)14-24-32(17-37,22-10-9-19(15-35)13-23(22)33)26(21-8-6-7-20(16-36)27(21)34)28(38-24)29(42)39-25-11-12-41(40-25)18-31(4,5)43/h6-13,24,26,28,38,43H,14-16,18H2,1-5H3,(H,39,40,42)/t24-,26-,28+,32-/m0/s1. The first kappa shape index (κ1) is 33.7. The number of alkyl halides is 2. The monoisotopic (exact) mass is 815 g/mol. The van der Waals surface area contributed by atoms with Crippen molar-refractivity contribution >= 4 is 56.9 Å². The lowest BCUT2D eigenvalue weighted by molar-refractivity contribution is -0.118. The van der Waals surface area contributed by atoms with Crippen LogP contribution in [0.15, 0.2) is 48.7 Å². The van der Waals surface area contributed by atoms with Gasteiger partial charge in [0.1, 0.15) is 17.0 Å². The van der Waals surface area contributed by atoms with Gasteiger partial charge in [0.25, 0.3) is 0 Å². The fourth-order valence-corrected chi connectivity index (χ4v) is 7.07. The number of hydrogen-bond donors (Lipinski definition) is 3. The third kappa shape index (κ3) is 7.23. The molecule has 0 spiro atoms. The van der Waals surface area contributed by atoms with Gasteiger partial charge < -0.3 is 15.7 Å². The van der Waals surface area contributed by atoms with Gasteiger partial charge in [-0.1, -0.05) is 96.3 Å². The molecule has 0 saturated carbocycles. The largest absolute Gasteiger partial charge is 0.389 e. The molecule has 7 nitrogen and oxygen atoms in total. The van der Waals surface area contributed by atoms with E-state index in [4.69, 9.17) is 0 Å². The number of carbonyl (C=O) groups is 1. The molecule has 1 aliphatic heterocycles. The molecule has 1 saturated heterocycles. The Bertz CT molecular complexity index is 1530. The summed E-state index contributed by atoms with van der Waals surface area (Å²) < 4.78 is 34.8. The number of anilines is 1. The van der Waals surface area contributed by atoms with E-state index < -0.39 is 46.6 Å². The number of nitrogens with one attached hydrogen (secondary N) is 2. The molecule has 11 heteroatoms. The molecule has 3 aromatic rings. The average Bonchev–Trinajstić information content (AvgIpc) is 3.48. The lowest BCUT2D eigenvalue weighted by Crippen LogP contribution is -2.45. The van der Waals surface area contributed by atoms with E-state index in [1.165, 1.54) is 10.7 Å². The van der Waals surface area contributed by atoms with Crippen molar-refractivity contribution in [1.29, 1.82) is 5.26 Å². The minimum Gasteiger partial charge on any atom is -0.389 e. The van der Waals surface area contributed by atoms with Gasteiger partial charge in [0.15, 0.2) is 5.82 Å². The Hall–Kier alpha value is -2.15. The zero-order valence-electron chi connectivity index (χ0n) is 24.9. The Kier molecular flexibility index (Phi) is 10.3. The normalized spacial score (nSPS) is 22.4. The van der Waals surface area contributed by atoms with Crippen molar-refractivity contribution < 1.29 is 18.7 Å². The minimum atomic E-state index is -1.62. The van der Waals surface area contributed by atoms with E-state index in [9.17, 15) is 15.2 Å². The minimum absolute atomic E-state index is 0.138. The molecule has 230 valence electrons. The van der Waals surface area contributed by atoms with E-state index in [2.05, 4.69) is 67.0 Å². The Morgan fingerprint density at radius 1 is 1.16 bits per heavy atom. The number of carbonyl (C=O) groups excluding carboxylic acids is 1. The maximum absolute atomic E-state index is 16.2. The summed E-state index contributed by atoms with van der Waals surface area (Å²) in [6, 6.07) is 12.1. The number of halogens is 4. The summed E-state index contributed by atoms with van der Waals surface area (Å²) >= 11 is 4.23. The number of amides is 1. The van der Waals surface area contributed by atoms with Gasteiger partial charge in [0.05, 0.1) is 24.3 Å². The van der Waals surface area contributed by atoms with Crippen molar-refractivity contribution in [1.82, 2.24) is 15.1 Å². The number of rotatable bonds is 9. The maximum Gasteiger partial charge on any atom is 0.243 e. The third-order valence-electron chi connectivity index (χ3n) is 7.70. The highest BCUT2D eigenvalue weighted by molar-refractivity contribution is 14.1. The molecule has 1 fully saturated rings. The van der Waals surface area contributed by atoms with Gasteiger partial charge >= 0.3 is 0 Å². The van der Waals surface area contributed by atoms with Gasteiger partial charge in [-0.25, -0.2) is 8.78 Å². The summed E-state index contributed by atoms with van der Waals surface area (Å²) in [6.07, 6.45) is 2.06. The molecule has 3 N–H and O–H groups in total. The fourth-order valence-electron chi connectivity index (χ4n) is 6.01. The number of hydrogen-bond acceptors (Lipinski definition) is 5. The molecular formula is C32H37F2I2N5O2. The van der Waals surface area contributed by atoms with Gasteiger partial charge in [-0.2, -0.15) is 10.4 Å². The second kappa shape index (κ2) is 13.1. The summed E-state index contributed by atoms with van der Waals surface area (Å²) in [6.45, 7) is 9.56. The summed E-state index contributed by atoms with van der Waals surface area (Å²) in [5.74, 6) is -2.39. The number of nitrogens with zero attached hydrogens (tertiary/aromatic N) is 3. The highest BCUT2D eigenvalue weighted by Gasteiger charge is 2.61. The second-order valence-electron chi connectivity index (χ2n) is 13.0. The van der Waals surface area contributed by atoms with Crippen LogP contribution in [0.1, 0.15) is 69.2 Å². The quantitative estimate of drug-likeness (QED) is 0.164.